The quantitative estimate of drug-likeness (QED) is 0.700. The van der Waals surface area contributed by atoms with E-state index in [0.717, 1.165) is 16.9 Å². The van der Waals surface area contributed by atoms with Gasteiger partial charge in [0.2, 0.25) is 0 Å². The van der Waals surface area contributed by atoms with E-state index in [-0.39, 0.29) is 24.9 Å². The highest BCUT2D eigenvalue weighted by molar-refractivity contribution is 8.04. The van der Waals surface area contributed by atoms with Gasteiger partial charge in [-0.15, -0.1) is 11.8 Å². The van der Waals surface area contributed by atoms with E-state index in [0.29, 0.717) is 17.0 Å². The van der Waals surface area contributed by atoms with Crippen molar-refractivity contribution < 1.29 is 23.3 Å². The number of carbonyl (C=O) groups excluding carboxylic acids is 3. The number of urea groups is 1. The Bertz CT molecular complexity index is 1110. The minimum Gasteiger partial charge on any atom is -0.322 e. The molecule has 0 radical (unpaired) electrons. The lowest BCUT2D eigenvalue weighted by molar-refractivity contribution is -0.426. The number of hydrogen-bond acceptors (Lipinski definition) is 4. The summed E-state index contributed by atoms with van der Waals surface area (Å²) in [6, 6.07) is 12.6. The minimum atomic E-state index is -0.575. The number of amides is 4. The number of nitrogens with one attached hydrogen (secondary N) is 1. The van der Waals surface area contributed by atoms with Crippen LogP contribution in [0.2, 0.25) is 0 Å². The van der Waals surface area contributed by atoms with Gasteiger partial charge in [-0.2, -0.15) is 14.3 Å². The SMILES string of the molecule is CCc1ccccc1NC(=O)C[N+]1=C2C=CSC2C(=O)N(Cc2ccc(F)cc2)C1=O. The summed E-state index contributed by atoms with van der Waals surface area (Å²) in [6.45, 7) is 1.80. The van der Waals surface area contributed by atoms with E-state index in [1.54, 1.807) is 11.5 Å². The first-order chi connectivity index (χ1) is 15.0. The molecule has 0 bridgehead atoms. The minimum absolute atomic E-state index is 0.0130. The molecule has 4 rings (SSSR count). The maximum atomic E-state index is 13.2. The lowest BCUT2D eigenvalue weighted by Crippen LogP contribution is -2.55. The summed E-state index contributed by atoms with van der Waals surface area (Å²) >= 11 is 1.30. The Morgan fingerprint density at radius 1 is 1.16 bits per heavy atom. The monoisotopic (exact) mass is 438 g/mol. The molecule has 2 aliphatic rings. The van der Waals surface area contributed by atoms with Gasteiger partial charge in [-0.05, 0) is 47.2 Å². The molecule has 2 aromatic carbocycles. The first-order valence-electron chi connectivity index (χ1n) is 9.92. The predicted molar refractivity (Wildman–Crippen MR) is 117 cm³/mol. The summed E-state index contributed by atoms with van der Waals surface area (Å²) in [5, 5.41) is 4.05. The molecule has 0 aliphatic carbocycles. The number of para-hydroxylation sites is 1. The number of nitrogens with zero attached hydrogens (tertiary/aromatic N) is 2. The van der Waals surface area contributed by atoms with E-state index < -0.39 is 17.1 Å². The molecule has 2 heterocycles. The molecule has 31 heavy (non-hydrogen) atoms. The molecule has 1 atom stereocenters. The summed E-state index contributed by atoms with van der Waals surface area (Å²) in [5.41, 5.74) is 2.84. The average molecular weight is 439 g/mol. The van der Waals surface area contributed by atoms with E-state index in [1.807, 2.05) is 31.2 Å². The van der Waals surface area contributed by atoms with Crippen molar-refractivity contribution in [1.82, 2.24) is 4.90 Å². The van der Waals surface area contributed by atoms with Crippen molar-refractivity contribution in [2.45, 2.75) is 25.1 Å². The van der Waals surface area contributed by atoms with Crippen LogP contribution in [0.3, 0.4) is 0 Å². The number of halogens is 1. The summed E-state index contributed by atoms with van der Waals surface area (Å²) in [6.07, 6.45) is 2.46. The van der Waals surface area contributed by atoms with E-state index >= 15 is 0 Å². The smallest absolute Gasteiger partial charge is 0.322 e. The Morgan fingerprint density at radius 2 is 1.90 bits per heavy atom. The van der Waals surface area contributed by atoms with Crippen molar-refractivity contribution in [3.05, 3.63) is 77.0 Å². The summed E-state index contributed by atoms with van der Waals surface area (Å²) in [5.74, 6) is -1.08. The van der Waals surface area contributed by atoms with Crippen molar-refractivity contribution in [2.24, 2.45) is 0 Å². The van der Waals surface area contributed by atoms with E-state index in [9.17, 15) is 18.8 Å². The van der Waals surface area contributed by atoms with Crippen LogP contribution in [0.5, 0.6) is 0 Å². The molecule has 0 aromatic heterocycles. The van der Waals surface area contributed by atoms with Gasteiger partial charge in [0, 0.05) is 5.69 Å². The molecule has 1 unspecified atom stereocenters. The summed E-state index contributed by atoms with van der Waals surface area (Å²) < 4.78 is 14.6. The lowest BCUT2D eigenvalue weighted by Gasteiger charge is -2.24. The van der Waals surface area contributed by atoms with Gasteiger partial charge in [0.25, 0.3) is 5.91 Å². The van der Waals surface area contributed by atoms with Crippen molar-refractivity contribution in [1.29, 1.82) is 0 Å². The molecule has 0 fully saturated rings. The number of thioether (sulfide) groups is 1. The fourth-order valence-electron chi connectivity index (χ4n) is 3.61. The van der Waals surface area contributed by atoms with E-state index in [2.05, 4.69) is 5.32 Å². The number of rotatable bonds is 6. The van der Waals surface area contributed by atoms with Gasteiger partial charge < -0.3 is 5.32 Å². The largest absolute Gasteiger partial charge is 0.501 e. The molecule has 1 N–H and O–H groups in total. The molecule has 0 saturated carbocycles. The Balaban J connectivity index is 1.57. The van der Waals surface area contributed by atoms with Crippen molar-refractivity contribution in [3.8, 4) is 0 Å². The van der Waals surface area contributed by atoms with Crippen LogP contribution in [-0.4, -0.2) is 44.8 Å². The van der Waals surface area contributed by atoms with Gasteiger partial charge in [0.1, 0.15) is 18.1 Å². The van der Waals surface area contributed by atoms with Crippen LogP contribution in [0.15, 0.2) is 60.0 Å². The molecular formula is C23H21FN3O3S+. The molecule has 0 spiro atoms. The highest BCUT2D eigenvalue weighted by Crippen LogP contribution is 2.28. The Hall–Kier alpha value is -3.26. The Morgan fingerprint density at radius 3 is 2.65 bits per heavy atom. The standard InChI is InChI=1S/C23H20FN3O3S/c1-2-16-5-3-4-6-18(16)25-20(28)14-26-19-11-12-31-21(19)22(29)27(23(26)30)13-15-7-9-17(24)10-8-15/h3-12,21H,2,13-14H2,1H3/p+1. The van der Waals surface area contributed by atoms with Crippen LogP contribution in [0.25, 0.3) is 0 Å². The van der Waals surface area contributed by atoms with Gasteiger partial charge in [-0.3, -0.25) is 4.79 Å². The van der Waals surface area contributed by atoms with Crippen LogP contribution in [0.4, 0.5) is 14.9 Å². The predicted octanol–water partition coefficient (Wildman–Crippen LogP) is 3.57. The number of aryl methyl sites for hydroxylation is 1. The summed E-state index contributed by atoms with van der Waals surface area (Å²) in [4.78, 5) is 40.0. The zero-order chi connectivity index (χ0) is 22.0. The second-order valence-electron chi connectivity index (χ2n) is 7.22. The fourth-order valence-corrected chi connectivity index (χ4v) is 4.58. The second kappa shape index (κ2) is 8.85. The highest BCUT2D eigenvalue weighted by atomic mass is 32.2. The second-order valence-corrected chi connectivity index (χ2v) is 8.24. The number of anilines is 1. The fraction of sp³-hybridized carbons (Fsp3) is 0.217. The third-order valence-electron chi connectivity index (χ3n) is 5.21. The van der Waals surface area contributed by atoms with E-state index in [4.69, 9.17) is 0 Å². The first kappa shape index (κ1) is 21.0. The van der Waals surface area contributed by atoms with Crippen LogP contribution >= 0.6 is 11.8 Å². The maximum Gasteiger partial charge on any atom is 0.501 e. The number of benzene rings is 2. The molecule has 0 saturated heterocycles. The molecule has 4 amide bonds. The number of fused-ring (bicyclic) bond motifs is 1. The van der Waals surface area contributed by atoms with Crippen LogP contribution in [-0.2, 0) is 22.6 Å². The molecular weight excluding hydrogens is 417 g/mol. The van der Waals surface area contributed by atoms with Crippen molar-refractivity contribution in [2.75, 3.05) is 11.9 Å². The Labute approximate surface area is 183 Å². The zero-order valence-electron chi connectivity index (χ0n) is 16.9. The number of imide groups is 1. The molecule has 2 aliphatic heterocycles. The van der Waals surface area contributed by atoms with Gasteiger partial charge in [-0.1, -0.05) is 37.3 Å². The highest BCUT2D eigenvalue weighted by Gasteiger charge is 2.49. The first-order valence-corrected chi connectivity index (χ1v) is 10.9. The van der Waals surface area contributed by atoms with Crippen LogP contribution in [0, 0.1) is 5.82 Å². The van der Waals surface area contributed by atoms with Crippen LogP contribution < -0.4 is 5.32 Å². The van der Waals surface area contributed by atoms with Gasteiger partial charge in [0.05, 0.1) is 0 Å². The van der Waals surface area contributed by atoms with Gasteiger partial charge in [0.15, 0.2) is 11.8 Å². The number of allylic oxidation sites excluding steroid dienone is 1. The van der Waals surface area contributed by atoms with Crippen LogP contribution in [0.1, 0.15) is 18.1 Å². The van der Waals surface area contributed by atoms with Crippen molar-refractivity contribution in [3.63, 3.8) is 0 Å². The molecule has 6 nitrogen and oxygen atoms in total. The normalized spacial score (nSPS) is 17.9. The third kappa shape index (κ3) is 4.29. The average Bonchev–Trinajstić information content (AvgIpc) is 3.26. The van der Waals surface area contributed by atoms with E-state index in [1.165, 1.54) is 40.6 Å². The lowest BCUT2D eigenvalue weighted by atomic mass is 10.1. The number of carbonyl (C=O) groups is 3. The zero-order valence-corrected chi connectivity index (χ0v) is 17.7. The molecule has 8 heteroatoms. The van der Waals surface area contributed by atoms with Gasteiger partial charge >= 0.3 is 11.9 Å². The summed E-state index contributed by atoms with van der Waals surface area (Å²) in [7, 11) is 0. The third-order valence-corrected chi connectivity index (χ3v) is 6.22. The molecule has 158 valence electrons. The molecule has 2 aromatic rings. The van der Waals surface area contributed by atoms with Crippen molar-refractivity contribution >= 4 is 41.0 Å². The topological polar surface area (TPSA) is 69.5 Å². The maximum absolute atomic E-state index is 13.2. The van der Waals surface area contributed by atoms with Gasteiger partial charge in [-0.25, -0.2) is 9.18 Å². The Kier molecular flexibility index (Phi) is 5.99. The number of hydrogen-bond donors (Lipinski definition) is 1.